The van der Waals surface area contributed by atoms with Gasteiger partial charge in [0.1, 0.15) is 11.5 Å². The maximum absolute atomic E-state index is 5.80. The van der Waals surface area contributed by atoms with Gasteiger partial charge in [0, 0.05) is 18.6 Å². The van der Waals surface area contributed by atoms with E-state index in [-0.39, 0.29) is 5.54 Å². The lowest BCUT2D eigenvalue weighted by atomic mass is 10.0. The highest BCUT2D eigenvalue weighted by molar-refractivity contribution is 5.31. The van der Waals surface area contributed by atoms with Crippen molar-refractivity contribution in [1.29, 1.82) is 0 Å². The number of ether oxygens (including phenoxy) is 2. The molecular weight excluding hydrogens is 264 g/mol. The smallest absolute Gasteiger partial charge is 0.119 e. The summed E-state index contributed by atoms with van der Waals surface area (Å²) in [5, 5.41) is 3.51. The van der Waals surface area contributed by atoms with Gasteiger partial charge < -0.3 is 14.8 Å². The van der Waals surface area contributed by atoms with Crippen LogP contribution >= 0.6 is 0 Å². The second kappa shape index (κ2) is 7.66. The summed E-state index contributed by atoms with van der Waals surface area (Å²) >= 11 is 0. The van der Waals surface area contributed by atoms with Gasteiger partial charge in [0.05, 0.1) is 13.7 Å². The van der Waals surface area contributed by atoms with E-state index in [9.17, 15) is 0 Å². The van der Waals surface area contributed by atoms with E-state index in [1.165, 1.54) is 13.0 Å². The third kappa shape index (κ3) is 4.90. The van der Waals surface area contributed by atoms with Gasteiger partial charge in [-0.1, -0.05) is 0 Å². The lowest BCUT2D eigenvalue weighted by Gasteiger charge is -2.36. The average molecular weight is 292 g/mol. The van der Waals surface area contributed by atoms with Crippen molar-refractivity contribution in [2.24, 2.45) is 0 Å². The SMILES string of the molecule is COc1ccc(OCCCN2CCCNCC2(C)C)cc1. The molecule has 0 saturated carbocycles. The maximum Gasteiger partial charge on any atom is 0.119 e. The van der Waals surface area contributed by atoms with Crippen molar-refractivity contribution in [2.45, 2.75) is 32.2 Å². The lowest BCUT2D eigenvalue weighted by molar-refractivity contribution is 0.123. The van der Waals surface area contributed by atoms with E-state index in [4.69, 9.17) is 9.47 Å². The summed E-state index contributed by atoms with van der Waals surface area (Å²) in [6, 6.07) is 7.77. The third-order valence-corrected chi connectivity index (χ3v) is 4.10. The van der Waals surface area contributed by atoms with E-state index in [0.717, 1.165) is 44.2 Å². The van der Waals surface area contributed by atoms with Crippen LogP contribution in [-0.4, -0.2) is 50.3 Å². The molecule has 1 N–H and O–H groups in total. The van der Waals surface area contributed by atoms with Crippen LogP contribution in [0.5, 0.6) is 11.5 Å². The Hall–Kier alpha value is -1.26. The Morgan fingerprint density at radius 3 is 2.62 bits per heavy atom. The number of nitrogens with one attached hydrogen (secondary N) is 1. The summed E-state index contributed by atoms with van der Waals surface area (Å²) < 4.78 is 10.9. The molecule has 1 saturated heterocycles. The number of methoxy groups -OCH3 is 1. The van der Waals surface area contributed by atoms with E-state index in [2.05, 4.69) is 24.1 Å². The highest BCUT2D eigenvalue weighted by Crippen LogP contribution is 2.18. The third-order valence-electron chi connectivity index (χ3n) is 4.10. The van der Waals surface area contributed by atoms with Gasteiger partial charge in [-0.3, -0.25) is 4.90 Å². The van der Waals surface area contributed by atoms with Crippen LogP contribution < -0.4 is 14.8 Å². The first kappa shape index (κ1) is 16.1. The van der Waals surface area contributed by atoms with Gasteiger partial charge >= 0.3 is 0 Å². The predicted molar refractivity (Wildman–Crippen MR) is 86.2 cm³/mol. The summed E-state index contributed by atoms with van der Waals surface area (Å²) in [5.41, 5.74) is 0.233. The Kier molecular flexibility index (Phi) is 5.88. The summed E-state index contributed by atoms with van der Waals surface area (Å²) in [4.78, 5) is 2.57. The molecule has 1 heterocycles. The van der Waals surface area contributed by atoms with Gasteiger partial charge in [-0.25, -0.2) is 0 Å². The molecule has 0 atom stereocenters. The molecule has 118 valence electrons. The molecule has 21 heavy (non-hydrogen) atoms. The summed E-state index contributed by atoms with van der Waals surface area (Å²) in [7, 11) is 1.67. The molecule has 1 aliphatic rings. The Balaban J connectivity index is 1.73. The molecule has 1 aliphatic heterocycles. The molecular formula is C17H28N2O2. The maximum atomic E-state index is 5.80. The highest BCUT2D eigenvalue weighted by Gasteiger charge is 2.27. The Bertz CT molecular complexity index is 417. The van der Waals surface area contributed by atoms with Crippen molar-refractivity contribution in [1.82, 2.24) is 10.2 Å². The number of rotatable bonds is 6. The zero-order valence-corrected chi connectivity index (χ0v) is 13.5. The molecule has 0 aromatic heterocycles. The van der Waals surface area contributed by atoms with Gasteiger partial charge in [0.2, 0.25) is 0 Å². The summed E-state index contributed by atoms with van der Waals surface area (Å²) in [6.45, 7) is 9.83. The molecule has 0 radical (unpaired) electrons. The average Bonchev–Trinajstić information content (AvgIpc) is 2.65. The monoisotopic (exact) mass is 292 g/mol. The molecule has 4 nitrogen and oxygen atoms in total. The topological polar surface area (TPSA) is 33.7 Å². The van der Waals surface area contributed by atoms with Gasteiger partial charge in [0.25, 0.3) is 0 Å². The van der Waals surface area contributed by atoms with Crippen LogP contribution in [0.25, 0.3) is 0 Å². The molecule has 0 bridgehead atoms. The van der Waals surface area contributed by atoms with Crippen LogP contribution in [0.3, 0.4) is 0 Å². The Morgan fingerprint density at radius 2 is 1.90 bits per heavy atom. The second-order valence-corrected chi connectivity index (χ2v) is 6.21. The van der Waals surface area contributed by atoms with E-state index >= 15 is 0 Å². The fourth-order valence-electron chi connectivity index (χ4n) is 2.74. The molecule has 0 aliphatic carbocycles. The van der Waals surface area contributed by atoms with E-state index in [1.807, 2.05) is 24.3 Å². The first-order chi connectivity index (χ1) is 10.1. The quantitative estimate of drug-likeness (QED) is 0.817. The fraction of sp³-hybridized carbons (Fsp3) is 0.647. The Morgan fingerprint density at radius 1 is 1.19 bits per heavy atom. The van der Waals surface area contributed by atoms with Gasteiger partial charge in [-0.15, -0.1) is 0 Å². The molecule has 0 unspecified atom stereocenters. The van der Waals surface area contributed by atoms with Crippen molar-refractivity contribution in [2.75, 3.05) is 39.9 Å². The minimum atomic E-state index is 0.233. The predicted octanol–water partition coefficient (Wildman–Crippen LogP) is 2.54. The molecule has 1 aromatic rings. The zero-order chi connectivity index (χ0) is 15.1. The number of benzene rings is 1. The first-order valence-electron chi connectivity index (χ1n) is 7.84. The molecule has 1 aromatic carbocycles. The molecule has 4 heteroatoms. The van der Waals surface area contributed by atoms with Crippen LogP contribution in [0.1, 0.15) is 26.7 Å². The van der Waals surface area contributed by atoms with Gasteiger partial charge in [-0.05, 0) is 64.0 Å². The summed E-state index contributed by atoms with van der Waals surface area (Å²) in [5.74, 6) is 1.77. The molecule has 1 fully saturated rings. The standard InChI is InChI=1S/C17H28N2O2/c1-17(2)14-18-10-4-11-19(17)12-5-13-21-16-8-6-15(20-3)7-9-16/h6-9,18H,4-5,10-14H2,1-3H3. The van der Waals surface area contributed by atoms with Gasteiger partial charge in [-0.2, -0.15) is 0 Å². The van der Waals surface area contributed by atoms with Crippen LogP contribution in [0.15, 0.2) is 24.3 Å². The highest BCUT2D eigenvalue weighted by atomic mass is 16.5. The van der Waals surface area contributed by atoms with Crippen molar-refractivity contribution < 1.29 is 9.47 Å². The molecule has 0 amide bonds. The zero-order valence-electron chi connectivity index (χ0n) is 13.5. The number of hydrogen-bond acceptors (Lipinski definition) is 4. The van der Waals surface area contributed by atoms with E-state index in [1.54, 1.807) is 7.11 Å². The molecule has 0 spiro atoms. The minimum Gasteiger partial charge on any atom is -0.497 e. The van der Waals surface area contributed by atoms with Crippen molar-refractivity contribution >= 4 is 0 Å². The second-order valence-electron chi connectivity index (χ2n) is 6.21. The van der Waals surface area contributed by atoms with E-state index in [0.29, 0.717) is 0 Å². The number of nitrogens with zero attached hydrogens (tertiary/aromatic N) is 1. The van der Waals surface area contributed by atoms with Crippen molar-refractivity contribution in [3.8, 4) is 11.5 Å². The van der Waals surface area contributed by atoms with Crippen molar-refractivity contribution in [3.63, 3.8) is 0 Å². The minimum absolute atomic E-state index is 0.233. The fourth-order valence-corrected chi connectivity index (χ4v) is 2.74. The lowest BCUT2D eigenvalue weighted by Crippen LogP contribution is -2.49. The van der Waals surface area contributed by atoms with Crippen LogP contribution in [0, 0.1) is 0 Å². The van der Waals surface area contributed by atoms with Crippen LogP contribution in [0.4, 0.5) is 0 Å². The largest absolute Gasteiger partial charge is 0.497 e. The van der Waals surface area contributed by atoms with Gasteiger partial charge in [0.15, 0.2) is 0 Å². The van der Waals surface area contributed by atoms with E-state index < -0.39 is 0 Å². The number of hydrogen-bond donors (Lipinski definition) is 1. The molecule has 2 rings (SSSR count). The normalized spacial score (nSPS) is 19.0. The first-order valence-corrected chi connectivity index (χ1v) is 7.84. The summed E-state index contributed by atoms with van der Waals surface area (Å²) in [6.07, 6.45) is 2.28. The van der Waals surface area contributed by atoms with Crippen molar-refractivity contribution in [3.05, 3.63) is 24.3 Å². The Labute approximate surface area is 128 Å². The van der Waals surface area contributed by atoms with Crippen LogP contribution in [-0.2, 0) is 0 Å². The van der Waals surface area contributed by atoms with Crippen LogP contribution in [0.2, 0.25) is 0 Å².